The van der Waals surface area contributed by atoms with Crippen molar-refractivity contribution >= 4 is 5.78 Å². The lowest BCUT2D eigenvalue weighted by Gasteiger charge is -2.32. The standard InChI is InChI=1S/C26H24O2/c1-2-26(28-19-21-12-6-3-7-13-21)20-25(18-24(26)27,22-14-8-4-9-15-22)23-16-10-5-11-17-23/h2-17H,1,18-20H2. The predicted molar refractivity (Wildman–Crippen MR) is 112 cm³/mol. The van der Waals surface area contributed by atoms with Gasteiger partial charge in [0.1, 0.15) is 5.60 Å². The molecule has 3 aromatic carbocycles. The number of ether oxygens (including phenoxy) is 1. The maximum atomic E-state index is 13.3. The second-order valence-corrected chi connectivity index (χ2v) is 7.46. The minimum atomic E-state index is -0.985. The van der Waals surface area contributed by atoms with Crippen molar-refractivity contribution < 1.29 is 9.53 Å². The van der Waals surface area contributed by atoms with Crippen LogP contribution in [0.25, 0.3) is 0 Å². The topological polar surface area (TPSA) is 26.3 Å². The molecule has 0 bridgehead atoms. The van der Waals surface area contributed by atoms with E-state index in [4.69, 9.17) is 4.74 Å². The first-order valence-electron chi connectivity index (χ1n) is 9.64. The van der Waals surface area contributed by atoms with Gasteiger partial charge in [0.15, 0.2) is 5.78 Å². The van der Waals surface area contributed by atoms with Gasteiger partial charge in [0.05, 0.1) is 6.61 Å². The second-order valence-electron chi connectivity index (χ2n) is 7.46. The van der Waals surface area contributed by atoms with Crippen LogP contribution in [-0.4, -0.2) is 11.4 Å². The molecule has 1 aliphatic rings. The molecular weight excluding hydrogens is 344 g/mol. The van der Waals surface area contributed by atoms with Gasteiger partial charge in [-0.15, -0.1) is 0 Å². The van der Waals surface area contributed by atoms with E-state index in [1.807, 2.05) is 66.7 Å². The molecule has 3 aromatic rings. The van der Waals surface area contributed by atoms with Crippen LogP contribution < -0.4 is 0 Å². The first-order chi connectivity index (χ1) is 13.7. The Morgan fingerprint density at radius 2 is 1.32 bits per heavy atom. The molecule has 1 atom stereocenters. The van der Waals surface area contributed by atoms with Gasteiger partial charge in [-0.05, 0) is 16.7 Å². The fraction of sp³-hybridized carbons (Fsp3) is 0.192. The summed E-state index contributed by atoms with van der Waals surface area (Å²) in [5.74, 6) is 0.0890. The zero-order valence-electron chi connectivity index (χ0n) is 15.9. The summed E-state index contributed by atoms with van der Waals surface area (Å²) in [4.78, 5) is 13.3. The van der Waals surface area contributed by atoms with E-state index in [1.165, 1.54) is 0 Å². The highest BCUT2D eigenvalue weighted by Gasteiger charge is 2.55. The first-order valence-corrected chi connectivity index (χ1v) is 9.64. The number of ketones is 1. The number of rotatable bonds is 6. The quantitative estimate of drug-likeness (QED) is 0.539. The number of hydrogen-bond acceptors (Lipinski definition) is 2. The van der Waals surface area contributed by atoms with E-state index in [0.717, 1.165) is 16.7 Å². The van der Waals surface area contributed by atoms with Gasteiger partial charge in [-0.1, -0.05) is 104 Å². The molecule has 0 spiro atoms. The van der Waals surface area contributed by atoms with Crippen LogP contribution in [-0.2, 0) is 21.6 Å². The summed E-state index contributed by atoms with van der Waals surface area (Å²) in [6.07, 6.45) is 2.66. The van der Waals surface area contributed by atoms with Crippen LogP contribution in [0.1, 0.15) is 29.5 Å². The number of benzene rings is 3. The molecule has 140 valence electrons. The molecule has 0 saturated heterocycles. The van der Waals surface area contributed by atoms with E-state index in [-0.39, 0.29) is 5.78 Å². The van der Waals surface area contributed by atoms with Gasteiger partial charge in [-0.2, -0.15) is 0 Å². The minimum Gasteiger partial charge on any atom is -0.358 e. The number of carbonyl (C=O) groups is 1. The molecule has 1 aliphatic carbocycles. The van der Waals surface area contributed by atoms with Gasteiger partial charge in [-0.25, -0.2) is 0 Å². The molecule has 0 aliphatic heterocycles. The summed E-state index contributed by atoms with van der Waals surface area (Å²) < 4.78 is 6.27. The largest absolute Gasteiger partial charge is 0.358 e. The van der Waals surface area contributed by atoms with Crippen LogP contribution in [0, 0.1) is 0 Å². The third kappa shape index (κ3) is 3.21. The lowest BCUT2D eigenvalue weighted by molar-refractivity contribution is -0.135. The summed E-state index contributed by atoms with van der Waals surface area (Å²) >= 11 is 0. The van der Waals surface area contributed by atoms with E-state index in [9.17, 15) is 4.79 Å². The fourth-order valence-corrected chi connectivity index (χ4v) is 4.29. The van der Waals surface area contributed by atoms with Crippen LogP contribution in [0.4, 0.5) is 0 Å². The van der Waals surface area contributed by atoms with E-state index in [0.29, 0.717) is 19.4 Å². The highest BCUT2D eigenvalue weighted by Crippen LogP contribution is 2.50. The average Bonchev–Trinajstić information content (AvgIpc) is 3.08. The number of Topliss-reactive ketones (excluding diaryl/α,β-unsaturated/α-hetero) is 1. The van der Waals surface area contributed by atoms with Crippen molar-refractivity contribution in [3.05, 3.63) is 120 Å². The normalized spacial score (nSPS) is 20.8. The molecule has 0 heterocycles. The van der Waals surface area contributed by atoms with E-state index in [2.05, 4.69) is 30.8 Å². The van der Waals surface area contributed by atoms with Gasteiger partial charge in [0.25, 0.3) is 0 Å². The molecule has 0 amide bonds. The van der Waals surface area contributed by atoms with Crippen molar-refractivity contribution in [3.63, 3.8) is 0 Å². The van der Waals surface area contributed by atoms with Crippen molar-refractivity contribution in [1.29, 1.82) is 0 Å². The first kappa shape index (κ1) is 18.4. The summed E-state index contributed by atoms with van der Waals surface area (Å²) in [6, 6.07) is 30.5. The summed E-state index contributed by atoms with van der Waals surface area (Å²) in [5, 5.41) is 0. The van der Waals surface area contributed by atoms with Crippen molar-refractivity contribution in [1.82, 2.24) is 0 Å². The van der Waals surface area contributed by atoms with Gasteiger partial charge >= 0.3 is 0 Å². The van der Waals surface area contributed by atoms with Crippen LogP contribution in [0.15, 0.2) is 104 Å². The molecule has 0 radical (unpaired) electrons. The Balaban J connectivity index is 1.73. The zero-order valence-corrected chi connectivity index (χ0v) is 15.9. The Kier molecular flexibility index (Phi) is 4.97. The number of hydrogen-bond donors (Lipinski definition) is 0. The molecule has 2 heteroatoms. The highest BCUT2D eigenvalue weighted by atomic mass is 16.5. The van der Waals surface area contributed by atoms with Crippen LogP contribution >= 0.6 is 0 Å². The minimum absolute atomic E-state index is 0.0890. The molecular formula is C26H24O2. The molecule has 0 aromatic heterocycles. The highest BCUT2D eigenvalue weighted by molar-refractivity contribution is 5.94. The van der Waals surface area contributed by atoms with Crippen molar-refractivity contribution in [2.75, 3.05) is 0 Å². The molecule has 1 fully saturated rings. The lowest BCUT2D eigenvalue weighted by Crippen LogP contribution is -2.36. The van der Waals surface area contributed by atoms with E-state index < -0.39 is 11.0 Å². The SMILES string of the molecule is C=CC1(OCc2ccccc2)CC(c2ccccc2)(c2ccccc2)CC1=O. The van der Waals surface area contributed by atoms with Gasteiger partial charge < -0.3 is 4.74 Å². The van der Waals surface area contributed by atoms with Crippen molar-refractivity contribution in [3.8, 4) is 0 Å². The molecule has 1 saturated carbocycles. The molecule has 1 unspecified atom stereocenters. The van der Waals surface area contributed by atoms with Gasteiger partial charge in [0, 0.05) is 18.3 Å². The summed E-state index contributed by atoms with van der Waals surface area (Å²) in [5.41, 5.74) is 1.93. The predicted octanol–water partition coefficient (Wildman–Crippen LogP) is 5.48. The fourth-order valence-electron chi connectivity index (χ4n) is 4.29. The Labute approximate surface area is 166 Å². The summed E-state index contributed by atoms with van der Waals surface area (Å²) in [6.45, 7) is 4.37. The van der Waals surface area contributed by atoms with E-state index >= 15 is 0 Å². The summed E-state index contributed by atoms with van der Waals surface area (Å²) in [7, 11) is 0. The van der Waals surface area contributed by atoms with Crippen molar-refractivity contribution in [2.24, 2.45) is 0 Å². The molecule has 0 N–H and O–H groups in total. The lowest BCUT2D eigenvalue weighted by atomic mass is 9.72. The van der Waals surface area contributed by atoms with Crippen LogP contribution in [0.3, 0.4) is 0 Å². The molecule has 4 rings (SSSR count). The Hall–Kier alpha value is -2.97. The molecule has 2 nitrogen and oxygen atoms in total. The third-order valence-corrected chi connectivity index (χ3v) is 5.82. The monoisotopic (exact) mass is 368 g/mol. The maximum Gasteiger partial charge on any atom is 0.169 e. The van der Waals surface area contributed by atoms with Crippen LogP contribution in [0.2, 0.25) is 0 Å². The smallest absolute Gasteiger partial charge is 0.169 e. The number of carbonyl (C=O) groups excluding carboxylic acids is 1. The average molecular weight is 368 g/mol. The molecule has 28 heavy (non-hydrogen) atoms. The Bertz CT molecular complexity index is 908. The van der Waals surface area contributed by atoms with Crippen molar-refractivity contribution in [2.45, 2.75) is 30.5 Å². The van der Waals surface area contributed by atoms with E-state index in [1.54, 1.807) is 6.08 Å². The van der Waals surface area contributed by atoms with Crippen LogP contribution in [0.5, 0.6) is 0 Å². The Morgan fingerprint density at radius 1 is 0.821 bits per heavy atom. The third-order valence-electron chi connectivity index (χ3n) is 5.82. The zero-order chi connectivity index (χ0) is 19.5. The van der Waals surface area contributed by atoms with Gasteiger partial charge in [-0.3, -0.25) is 4.79 Å². The second kappa shape index (κ2) is 7.57. The van der Waals surface area contributed by atoms with Gasteiger partial charge in [0.2, 0.25) is 0 Å². The maximum absolute atomic E-state index is 13.3. The Morgan fingerprint density at radius 3 is 1.82 bits per heavy atom.